The van der Waals surface area contributed by atoms with Crippen molar-refractivity contribution in [2.75, 3.05) is 26.7 Å². The average Bonchev–Trinajstić information content (AvgIpc) is 3.15. The maximum atomic E-state index is 5.89. The summed E-state index contributed by atoms with van der Waals surface area (Å²) in [5.74, 6) is 1.75. The number of aryl methyl sites for hydroxylation is 2. The second-order valence-electron chi connectivity index (χ2n) is 6.24. The topological polar surface area (TPSA) is 67.3 Å². The largest absolute Gasteiger partial charge is 0.451 e. The minimum absolute atomic E-state index is 0.134. The Morgan fingerprint density at radius 1 is 1.22 bits per heavy atom. The molecule has 3 heterocycles. The summed E-state index contributed by atoms with van der Waals surface area (Å²) in [6, 6.07) is 6.26. The van der Waals surface area contributed by atoms with Gasteiger partial charge in [0.2, 0.25) is 0 Å². The van der Waals surface area contributed by atoms with Crippen LogP contribution in [0.25, 0.3) is 22.6 Å². The SMILES string of the molecule is Cc1cc2cc(-c3nc(C4CNCCN4C)no3)oc2cc1C. The number of furan rings is 1. The van der Waals surface area contributed by atoms with Gasteiger partial charge in [0.25, 0.3) is 5.89 Å². The van der Waals surface area contributed by atoms with Gasteiger partial charge in [-0.1, -0.05) is 5.16 Å². The predicted molar refractivity (Wildman–Crippen MR) is 87.2 cm³/mol. The van der Waals surface area contributed by atoms with Crippen LogP contribution in [0, 0.1) is 13.8 Å². The molecule has 0 spiro atoms. The molecule has 0 aliphatic carbocycles. The molecule has 3 aromatic rings. The first-order chi connectivity index (χ1) is 11.1. The van der Waals surface area contributed by atoms with Gasteiger partial charge in [-0.3, -0.25) is 4.90 Å². The number of hydrogen-bond donors (Lipinski definition) is 1. The molecule has 1 unspecified atom stereocenters. The molecule has 4 rings (SSSR count). The van der Waals surface area contributed by atoms with Crippen molar-refractivity contribution < 1.29 is 8.94 Å². The van der Waals surface area contributed by atoms with Gasteiger partial charge < -0.3 is 14.3 Å². The van der Waals surface area contributed by atoms with Crippen LogP contribution in [-0.2, 0) is 0 Å². The van der Waals surface area contributed by atoms with E-state index < -0.39 is 0 Å². The van der Waals surface area contributed by atoms with E-state index in [0.29, 0.717) is 17.5 Å². The third-order valence-electron chi connectivity index (χ3n) is 4.59. The van der Waals surface area contributed by atoms with Crippen molar-refractivity contribution in [3.05, 3.63) is 35.2 Å². The van der Waals surface area contributed by atoms with Gasteiger partial charge in [-0.15, -0.1) is 0 Å². The van der Waals surface area contributed by atoms with Crippen LogP contribution in [0.1, 0.15) is 23.0 Å². The Morgan fingerprint density at radius 3 is 2.87 bits per heavy atom. The number of fused-ring (bicyclic) bond motifs is 1. The zero-order valence-electron chi connectivity index (χ0n) is 13.6. The molecule has 0 amide bonds. The minimum Gasteiger partial charge on any atom is -0.451 e. The summed E-state index contributed by atoms with van der Waals surface area (Å²) in [6.07, 6.45) is 0. The lowest BCUT2D eigenvalue weighted by Gasteiger charge is -2.30. The molecular formula is C17H20N4O2. The maximum Gasteiger partial charge on any atom is 0.293 e. The van der Waals surface area contributed by atoms with Crippen molar-refractivity contribution >= 4 is 11.0 Å². The van der Waals surface area contributed by atoms with E-state index >= 15 is 0 Å². The zero-order chi connectivity index (χ0) is 16.0. The molecule has 2 aromatic heterocycles. The molecule has 1 fully saturated rings. The van der Waals surface area contributed by atoms with Crippen LogP contribution < -0.4 is 5.32 Å². The normalized spacial score (nSPS) is 19.5. The highest BCUT2D eigenvalue weighted by atomic mass is 16.5. The molecule has 6 nitrogen and oxygen atoms in total. The number of aromatic nitrogens is 2. The van der Waals surface area contributed by atoms with Gasteiger partial charge in [0.1, 0.15) is 5.58 Å². The number of hydrogen-bond acceptors (Lipinski definition) is 6. The highest BCUT2D eigenvalue weighted by Crippen LogP contribution is 2.30. The summed E-state index contributed by atoms with van der Waals surface area (Å²) in [5.41, 5.74) is 3.30. The van der Waals surface area contributed by atoms with Crippen LogP contribution in [0.4, 0.5) is 0 Å². The van der Waals surface area contributed by atoms with Crippen molar-refractivity contribution in [2.24, 2.45) is 0 Å². The van der Waals surface area contributed by atoms with Crippen LogP contribution in [0.5, 0.6) is 0 Å². The fourth-order valence-electron chi connectivity index (χ4n) is 2.97. The number of likely N-dealkylation sites (N-methyl/N-ethyl adjacent to an activating group) is 1. The molecule has 0 saturated carbocycles. The average molecular weight is 312 g/mol. The van der Waals surface area contributed by atoms with Gasteiger partial charge in [0, 0.05) is 25.0 Å². The molecule has 0 bridgehead atoms. The summed E-state index contributed by atoms with van der Waals surface area (Å²) in [5, 5.41) is 8.56. The second-order valence-corrected chi connectivity index (χ2v) is 6.24. The van der Waals surface area contributed by atoms with Gasteiger partial charge in [0.05, 0.1) is 6.04 Å². The molecule has 1 aliphatic heterocycles. The van der Waals surface area contributed by atoms with E-state index in [9.17, 15) is 0 Å². The smallest absolute Gasteiger partial charge is 0.293 e. The Bertz CT molecular complexity index is 813. The predicted octanol–water partition coefficient (Wildman–Crippen LogP) is 2.68. The first-order valence-corrected chi connectivity index (χ1v) is 7.87. The molecule has 6 heteroatoms. The Morgan fingerprint density at radius 2 is 2.04 bits per heavy atom. The van der Waals surface area contributed by atoms with E-state index in [4.69, 9.17) is 8.94 Å². The van der Waals surface area contributed by atoms with Crippen molar-refractivity contribution in [3.63, 3.8) is 0 Å². The van der Waals surface area contributed by atoms with E-state index in [1.54, 1.807) is 0 Å². The highest BCUT2D eigenvalue weighted by molar-refractivity contribution is 5.83. The summed E-state index contributed by atoms with van der Waals surface area (Å²) in [7, 11) is 2.08. The van der Waals surface area contributed by atoms with Crippen molar-refractivity contribution in [1.82, 2.24) is 20.4 Å². The van der Waals surface area contributed by atoms with Gasteiger partial charge in [-0.25, -0.2) is 0 Å². The van der Waals surface area contributed by atoms with Crippen molar-refractivity contribution in [3.8, 4) is 11.7 Å². The van der Waals surface area contributed by atoms with Crippen LogP contribution in [0.15, 0.2) is 27.1 Å². The third kappa shape index (κ3) is 2.54. The van der Waals surface area contributed by atoms with E-state index in [-0.39, 0.29) is 6.04 Å². The molecule has 120 valence electrons. The molecule has 1 atom stereocenters. The molecule has 1 saturated heterocycles. The first kappa shape index (κ1) is 14.4. The first-order valence-electron chi connectivity index (χ1n) is 7.87. The van der Waals surface area contributed by atoms with Gasteiger partial charge in [0.15, 0.2) is 11.6 Å². The lowest BCUT2D eigenvalue weighted by atomic mass is 10.1. The quantitative estimate of drug-likeness (QED) is 0.785. The van der Waals surface area contributed by atoms with Crippen LogP contribution >= 0.6 is 0 Å². The number of rotatable bonds is 2. The summed E-state index contributed by atoms with van der Waals surface area (Å²) in [4.78, 5) is 6.77. The van der Waals surface area contributed by atoms with Gasteiger partial charge >= 0.3 is 0 Å². The highest BCUT2D eigenvalue weighted by Gasteiger charge is 2.26. The standard InChI is InChI=1S/C17H20N4O2/c1-10-6-12-8-15(22-14(12)7-11(10)2)17-19-16(20-23-17)13-9-18-4-5-21(13)3/h6-8,13,18H,4-5,9H2,1-3H3. The summed E-state index contributed by atoms with van der Waals surface area (Å²) < 4.78 is 11.3. The number of nitrogens with zero attached hydrogens (tertiary/aromatic N) is 3. The fraction of sp³-hybridized carbons (Fsp3) is 0.412. The minimum atomic E-state index is 0.134. The fourth-order valence-corrected chi connectivity index (χ4v) is 2.97. The van der Waals surface area contributed by atoms with Gasteiger partial charge in [-0.05, 0) is 50.2 Å². The molecule has 1 aliphatic rings. The Labute approximate surface area is 134 Å². The van der Waals surface area contributed by atoms with Crippen LogP contribution in [0.3, 0.4) is 0 Å². The number of nitrogens with one attached hydrogen (secondary N) is 1. The van der Waals surface area contributed by atoms with Crippen molar-refractivity contribution in [2.45, 2.75) is 19.9 Å². The Kier molecular flexibility index (Phi) is 3.43. The number of piperazine rings is 1. The molecule has 1 aromatic carbocycles. The van der Waals surface area contributed by atoms with E-state index in [1.807, 2.05) is 12.1 Å². The number of benzene rings is 1. The van der Waals surface area contributed by atoms with E-state index in [1.165, 1.54) is 11.1 Å². The summed E-state index contributed by atoms with van der Waals surface area (Å²) in [6.45, 7) is 6.96. The summed E-state index contributed by atoms with van der Waals surface area (Å²) >= 11 is 0. The molecule has 0 radical (unpaired) electrons. The van der Waals surface area contributed by atoms with Crippen LogP contribution in [0.2, 0.25) is 0 Å². The molecular weight excluding hydrogens is 292 g/mol. The third-order valence-corrected chi connectivity index (χ3v) is 4.59. The van der Waals surface area contributed by atoms with E-state index in [0.717, 1.165) is 30.6 Å². The van der Waals surface area contributed by atoms with Gasteiger partial charge in [-0.2, -0.15) is 4.98 Å². The maximum absolute atomic E-state index is 5.89. The lowest BCUT2D eigenvalue weighted by molar-refractivity contribution is 0.190. The van der Waals surface area contributed by atoms with E-state index in [2.05, 4.69) is 47.3 Å². The molecule has 23 heavy (non-hydrogen) atoms. The lowest BCUT2D eigenvalue weighted by Crippen LogP contribution is -2.44. The van der Waals surface area contributed by atoms with Crippen LogP contribution in [-0.4, -0.2) is 41.7 Å². The zero-order valence-corrected chi connectivity index (χ0v) is 13.6. The Hall–Kier alpha value is -2.18. The molecule has 1 N–H and O–H groups in total. The van der Waals surface area contributed by atoms with Crippen molar-refractivity contribution in [1.29, 1.82) is 0 Å². The Balaban J connectivity index is 1.68. The second kappa shape index (κ2) is 5.47. The monoisotopic (exact) mass is 312 g/mol.